The average Bonchev–Trinajstić information content (AvgIpc) is 2.92. The van der Waals surface area contributed by atoms with E-state index in [4.69, 9.17) is 0 Å². The maximum atomic E-state index is 12.8. The fourth-order valence-electron chi connectivity index (χ4n) is 3.51. The van der Waals surface area contributed by atoms with Gasteiger partial charge in [0.15, 0.2) is 0 Å². The van der Waals surface area contributed by atoms with Crippen LogP contribution < -0.4 is 5.32 Å². The summed E-state index contributed by atoms with van der Waals surface area (Å²) in [6.45, 7) is 5.45. The molecule has 2 heterocycles. The van der Waals surface area contributed by atoms with Crippen molar-refractivity contribution in [3.8, 4) is 0 Å². The van der Waals surface area contributed by atoms with Crippen LogP contribution in [0.2, 0.25) is 0 Å². The predicted molar refractivity (Wildman–Crippen MR) is 83.7 cm³/mol. The van der Waals surface area contributed by atoms with E-state index in [-0.39, 0.29) is 5.41 Å². The predicted octanol–water partition coefficient (Wildman–Crippen LogP) is 2.01. The summed E-state index contributed by atoms with van der Waals surface area (Å²) in [7, 11) is -3.33. The third kappa shape index (κ3) is 2.87. The van der Waals surface area contributed by atoms with Crippen LogP contribution in [0.4, 0.5) is 0 Å². The molecule has 1 aromatic carbocycles. The molecule has 0 bridgehead atoms. The number of benzene rings is 1. The van der Waals surface area contributed by atoms with E-state index in [1.165, 1.54) is 5.56 Å². The van der Waals surface area contributed by atoms with Crippen molar-refractivity contribution in [2.45, 2.75) is 37.5 Å². The Morgan fingerprint density at radius 1 is 1.14 bits per heavy atom. The molecule has 1 aromatic rings. The molecule has 0 radical (unpaired) electrons. The number of rotatable bonds is 3. The van der Waals surface area contributed by atoms with Gasteiger partial charge in [0.1, 0.15) is 0 Å². The van der Waals surface area contributed by atoms with Crippen molar-refractivity contribution in [3.63, 3.8) is 0 Å². The molecule has 0 aliphatic carbocycles. The number of piperidine rings is 1. The van der Waals surface area contributed by atoms with E-state index < -0.39 is 10.0 Å². The molecular weight excluding hydrogens is 284 g/mol. The number of hydrogen-bond acceptors (Lipinski definition) is 3. The molecule has 0 amide bonds. The number of nitrogens with one attached hydrogen (secondary N) is 1. The van der Waals surface area contributed by atoms with Crippen molar-refractivity contribution in [1.82, 2.24) is 9.62 Å². The van der Waals surface area contributed by atoms with Crippen LogP contribution in [0.1, 0.15) is 31.7 Å². The fraction of sp³-hybridized carbons (Fsp3) is 0.625. The van der Waals surface area contributed by atoms with E-state index in [9.17, 15) is 8.42 Å². The molecule has 0 saturated carbocycles. The van der Waals surface area contributed by atoms with Crippen LogP contribution in [-0.2, 0) is 16.4 Å². The standard InChI is InChI=1S/C16H24N2O2S/c1-2-14-3-5-15(6-4-14)21(19,20)18-12-9-16(13-18)7-10-17-11-8-16/h3-6,17H,2,7-13H2,1H3. The molecule has 3 rings (SSSR count). The van der Waals surface area contributed by atoms with Gasteiger partial charge >= 0.3 is 0 Å². The third-order valence-electron chi connectivity index (χ3n) is 5.04. The Labute approximate surface area is 127 Å². The first kappa shape index (κ1) is 15.0. The molecule has 21 heavy (non-hydrogen) atoms. The van der Waals surface area contributed by atoms with Crippen molar-refractivity contribution in [3.05, 3.63) is 29.8 Å². The Hall–Kier alpha value is -0.910. The summed E-state index contributed by atoms with van der Waals surface area (Å²) in [4.78, 5) is 0.436. The van der Waals surface area contributed by atoms with Crippen LogP contribution >= 0.6 is 0 Å². The summed E-state index contributed by atoms with van der Waals surface area (Å²) in [5, 5.41) is 3.37. The molecule has 1 spiro atoms. The zero-order valence-corrected chi connectivity index (χ0v) is 13.5. The van der Waals surface area contributed by atoms with Crippen molar-refractivity contribution in [2.24, 2.45) is 5.41 Å². The first-order valence-electron chi connectivity index (χ1n) is 7.86. The highest BCUT2D eigenvalue weighted by Crippen LogP contribution is 2.40. The minimum Gasteiger partial charge on any atom is -0.317 e. The zero-order valence-electron chi connectivity index (χ0n) is 12.6. The fourth-order valence-corrected chi connectivity index (χ4v) is 5.06. The van der Waals surface area contributed by atoms with Gasteiger partial charge in [0.05, 0.1) is 4.90 Å². The largest absolute Gasteiger partial charge is 0.317 e. The van der Waals surface area contributed by atoms with E-state index in [1.54, 1.807) is 16.4 Å². The Balaban J connectivity index is 1.79. The van der Waals surface area contributed by atoms with Crippen LogP contribution in [-0.4, -0.2) is 38.9 Å². The molecule has 0 aromatic heterocycles. The lowest BCUT2D eigenvalue weighted by molar-refractivity contribution is 0.218. The topological polar surface area (TPSA) is 49.4 Å². The van der Waals surface area contributed by atoms with Gasteiger partial charge in [-0.25, -0.2) is 8.42 Å². The minimum absolute atomic E-state index is 0.210. The van der Waals surface area contributed by atoms with E-state index in [1.807, 2.05) is 12.1 Å². The number of sulfonamides is 1. The van der Waals surface area contributed by atoms with E-state index in [2.05, 4.69) is 12.2 Å². The van der Waals surface area contributed by atoms with Crippen LogP contribution in [0.15, 0.2) is 29.2 Å². The lowest BCUT2D eigenvalue weighted by Gasteiger charge is -2.33. The first-order chi connectivity index (χ1) is 10.1. The van der Waals surface area contributed by atoms with E-state index >= 15 is 0 Å². The highest BCUT2D eigenvalue weighted by atomic mass is 32.2. The van der Waals surface area contributed by atoms with Gasteiger partial charge in [-0.1, -0.05) is 19.1 Å². The SMILES string of the molecule is CCc1ccc(S(=O)(=O)N2CCC3(CCNCC3)C2)cc1. The van der Waals surface area contributed by atoms with Crippen molar-refractivity contribution < 1.29 is 8.42 Å². The highest BCUT2D eigenvalue weighted by Gasteiger charge is 2.43. The van der Waals surface area contributed by atoms with Gasteiger partial charge < -0.3 is 5.32 Å². The quantitative estimate of drug-likeness (QED) is 0.929. The van der Waals surface area contributed by atoms with Crippen LogP contribution in [0.3, 0.4) is 0 Å². The number of hydrogen-bond donors (Lipinski definition) is 1. The summed E-state index contributed by atoms with van der Waals surface area (Å²) in [6, 6.07) is 7.34. The highest BCUT2D eigenvalue weighted by molar-refractivity contribution is 7.89. The van der Waals surface area contributed by atoms with Crippen molar-refractivity contribution in [1.29, 1.82) is 0 Å². The van der Waals surface area contributed by atoms with Gasteiger partial charge in [0, 0.05) is 13.1 Å². The normalized spacial score (nSPS) is 22.7. The number of nitrogens with zero attached hydrogens (tertiary/aromatic N) is 1. The molecule has 4 nitrogen and oxygen atoms in total. The second kappa shape index (κ2) is 5.71. The van der Waals surface area contributed by atoms with Gasteiger partial charge in [-0.15, -0.1) is 0 Å². The van der Waals surface area contributed by atoms with Crippen molar-refractivity contribution in [2.75, 3.05) is 26.2 Å². The monoisotopic (exact) mass is 308 g/mol. The Kier molecular flexibility index (Phi) is 4.08. The lowest BCUT2D eigenvalue weighted by Crippen LogP contribution is -2.39. The maximum Gasteiger partial charge on any atom is 0.243 e. The van der Waals surface area contributed by atoms with Gasteiger partial charge in [-0.05, 0) is 61.9 Å². The maximum absolute atomic E-state index is 12.8. The summed E-state index contributed by atoms with van der Waals surface area (Å²) < 4.78 is 27.2. The molecule has 2 aliphatic heterocycles. The van der Waals surface area contributed by atoms with Crippen LogP contribution in [0, 0.1) is 5.41 Å². The second-order valence-electron chi connectivity index (χ2n) is 6.34. The zero-order chi connectivity index (χ0) is 14.9. The van der Waals surface area contributed by atoms with Crippen molar-refractivity contribution >= 4 is 10.0 Å². The van der Waals surface area contributed by atoms with E-state index in [0.717, 1.165) is 38.8 Å². The first-order valence-corrected chi connectivity index (χ1v) is 9.30. The van der Waals surface area contributed by atoms with Gasteiger partial charge in [0.25, 0.3) is 0 Å². The molecule has 2 saturated heterocycles. The summed E-state index contributed by atoms with van der Waals surface area (Å²) in [5.74, 6) is 0. The second-order valence-corrected chi connectivity index (χ2v) is 8.27. The Bertz CT molecular complexity index is 589. The molecule has 116 valence electrons. The summed E-state index contributed by atoms with van der Waals surface area (Å²) >= 11 is 0. The molecule has 1 N–H and O–H groups in total. The van der Waals surface area contributed by atoms with Crippen LogP contribution in [0.25, 0.3) is 0 Å². The molecule has 2 aliphatic rings. The Morgan fingerprint density at radius 2 is 1.81 bits per heavy atom. The Morgan fingerprint density at radius 3 is 2.43 bits per heavy atom. The lowest BCUT2D eigenvalue weighted by atomic mass is 9.78. The third-order valence-corrected chi connectivity index (χ3v) is 6.90. The van der Waals surface area contributed by atoms with Crippen LogP contribution in [0.5, 0.6) is 0 Å². The molecular formula is C16H24N2O2S. The molecule has 2 fully saturated rings. The molecule has 0 atom stereocenters. The number of aryl methyl sites for hydroxylation is 1. The molecule has 5 heteroatoms. The average molecular weight is 308 g/mol. The summed E-state index contributed by atoms with van der Waals surface area (Å²) in [5.41, 5.74) is 1.38. The molecule has 0 unspecified atom stereocenters. The minimum atomic E-state index is -3.33. The van der Waals surface area contributed by atoms with Gasteiger partial charge in [-0.3, -0.25) is 0 Å². The van der Waals surface area contributed by atoms with Gasteiger partial charge in [-0.2, -0.15) is 4.31 Å². The summed E-state index contributed by atoms with van der Waals surface area (Å²) in [6.07, 6.45) is 4.11. The smallest absolute Gasteiger partial charge is 0.243 e. The van der Waals surface area contributed by atoms with E-state index in [0.29, 0.717) is 18.0 Å². The van der Waals surface area contributed by atoms with Gasteiger partial charge in [0.2, 0.25) is 10.0 Å².